The minimum atomic E-state index is 0.428. The minimum absolute atomic E-state index is 0.428. The zero-order chi connectivity index (χ0) is 16.5. The highest BCUT2D eigenvalue weighted by atomic mass is 16.4. The Labute approximate surface area is 140 Å². The molecule has 124 valence electrons. The van der Waals surface area contributed by atoms with Gasteiger partial charge in [-0.25, -0.2) is 0 Å². The fourth-order valence-electron chi connectivity index (χ4n) is 2.62. The molecule has 7 heteroatoms. The summed E-state index contributed by atoms with van der Waals surface area (Å²) in [4.78, 5) is 2.12. The summed E-state index contributed by atoms with van der Waals surface area (Å²) in [6, 6.07) is 8.02. The SMILES string of the molecule is CN(C)CCNc1nnc(-c2nnc(C3CC3)o2)c2ccccc12. The summed E-state index contributed by atoms with van der Waals surface area (Å²) in [5.74, 6) is 2.36. The molecule has 0 radical (unpaired) electrons. The first-order chi connectivity index (χ1) is 11.7. The number of likely N-dealkylation sites (N-methyl/N-ethyl adjacent to an activating group) is 1. The molecule has 24 heavy (non-hydrogen) atoms. The van der Waals surface area contributed by atoms with Gasteiger partial charge >= 0.3 is 0 Å². The molecule has 0 amide bonds. The number of hydrogen-bond acceptors (Lipinski definition) is 7. The van der Waals surface area contributed by atoms with Gasteiger partial charge in [-0.2, -0.15) is 0 Å². The van der Waals surface area contributed by atoms with Crippen molar-refractivity contribution in [3.63, 3.8) is 0 Å². The van der Waals surface area contributed by atoms with Crippen LogP contribution in [0, 0.1) is 0 Å². The summed E-state index contributed by atoms with van der Waals surface area (Å²) in [5.41, 5.74) is 0.642. The van der Waals surface area contributed by atoms with Crippen LogP contribution in [0.25, 0.3) is 22.4 Å². The maximum absolute atomic E-state index is 5.80. The number of rotatable bonds is 6. The number of benzene rings is 1. The van der Waals surface area contributed by atoms with Crippen LogP contribution in [0.4, 0.5) is 5.82 Å². The summed E-state index contributed by atoms with van der Waals surface area (Å²) < 4.78 is 5.80. The van der Waals surface area contributed by atoms with Crippen LogP contribution >= 0.6 is 0 Å². The topological polar surface area (TPSA) is 80.0 Å². The molecule has 1 aromatic carbocycles. The molecule has 1 N–H and O–H groups in total. The van der Waals surface area contributed by atoms with Gasteiger partial charge in [0.2, 0.25) is 5.89 Å². The van der Waals surface area contributed by atoms with E-state index in [0.717, 1.165) is 42.5 Å². The molecule has 0 saturated heterocycles. The lowest BCUT2D eigenvalue weighted by Gasteiger charge is -2.12. The van der Waals surface area contributed by atoms with E-state index in [2.05, 4.69) is 30.6 Å². The highest BCUT2D eigenvalue weighted by molar-refractivity contribution is 5.98. The van der Waals surface area contributed by atoms with Crippen LogP contribution in [0.2, 0.25) is 0 Å². The molecule has 2 heterocycles. The molecular formula is C17H20N6O. The van der Waals surface area contributed by atoms with Crippen LogP contribution in [0.1, 0.15) is 24.7 Å². The number of nitrogens with one attached hydrogen (secondary N) is 1. The second-order valence-electron chi connectivity index (χ2n) is 6.39. The Morgan fingerprint density at radius 3 is 2.62 bits per heavy atom. The molecule has 0 bridgehead atoms. The molecule has 7 nitrogen and oxygen atoms in total. The Morgan fingerprint density at radius 1 is 1.08 bits per heavy atom. The molecule has 0 unspecified atom stereocenters. The van der Waals surface area contributed by atoms with Gasteiger partial charge < -0.3 is 14.6 Å². The predicted molar refractivity (Wildman–Crippen MR) is 91.8 cm³/mol. The van der Waals surface area contributed by atoms with Crippen LogP contribution in [0.15, 0.2) is 28.7 Å². The van der Waals surface area contributed by atoms with Crippen LogP contribution in [0.3, 0.4) is 0 Å². The van der Waals surface area contributed by atoms with Gasteiger partial charge in [-0.05, 0) is 26.9 Å². The van der Waals surface area contributed by atoms with Gasteiger partial charge in [-0.15, -0.1) is 20.4 Å². The van der Waals surface area contributed by atoms with E-state index in [1.165, 1.54) is 0 Å². The molecule has 3 aromatic rings. The standard InChI is InChI=1S/C17H20N6O/c1-23(2)10-9-18-15-13-6-4-3-5-12(13)14(19-20-15)17-22-21-16(24-17)11-7-8-11/h3-6,11H,7-10H2,1-2H3,(H,18,20). The number of aromatic nitrogens is 4. The minimum Gasteiger partial charge on any atom is -0.419 e. The zero-order valence-electron chi connectivity index (χ0n) is 13.9. The Kier molecular flexibility index (Phi) is 3.86. The van der Waals surface area contributed by atoms with E-state index in [0.29, 0.717) is 23.4 Å². The summed E-state index contributed by atoms with van der Waals surface area (Å²) in [7, 11) is 4.09. The van der Waals surface area contributed by atoms with Crippen LogP contribution in [-0.4, -0.2) is 52.5 Å². The van der Waals surface area contributed by atoms with E-state index in [4.69, 9.17) is 4.42 Å². The van der Waals surface area contributed by atoms with Crippen molar-refractivity contribution in [2.75, 3.05) is 32.5 Å². The second-order valence-corrected chi connectivity index (χ2v) is 6.39. The highest BCUT2D eigenvalue weighted by Crippen LogP contribution is 2.40. The molecule has 1 aliphatic carbocycles. The summed E-state index contributed by atoms with van der Waals surface area (Å²) >= 11 is 0. The van der Waals surface area contributed by atoms with Crippen molar-refractivity contribution in [2.45, 2.75) is 18.8 Å². The largest absolute Gasteiger partial charge is 0.419 e. The second kappa shape index (κ2) is 6.16. The lowest BCUT2D eigenvalue weighted by molar-refractivity contribution is 0.425. The first kappa shape index (κ1) is 15.0. The lowest BCUT2D eigenvalue weighted by atomic mass is 10.1. The maximum atomic E-state index is 5.80. The number of nitrogens with zero attached hydrogens (tertiary/aromatic N) is 5. The molecular weight excluding hydrogens is 304 g/mol. The fraction of sp³-hybridized carbons (Fsp3) is 0.412. The van der Waals surface area contributed by atoms with Crippen molar-refractivity contribution in [3.8, 4) is 11.6 Å². The van der Waals surface area contributed by atoms with Gasteiger partial charge in [0.05, 0.1) is 0 Å². The fourth-order valence-corrected chi connectivity index (χ4v) is 2.62. The molecule has 4 rings (SSSR count). The van der Waals surface area contributed by atoms with Gasteiger partial charge in [-0.1, -0.05) is 24.3 Å². The third-order valence-corrected chi connectivity index (χ3v) is 4.11. The molecule has 0 atom stereocenters. The molecule has 1 saturated carbocycles. The summed E-state index contributed by atoms with van der Waals surface area (Å²) in [5, 5.41) is 22.3. The van der Waals surface area contributed by atoms with Gasteiger partial charge in [0.25, 0.3) is 5.89 Å². The smallest absolute Gasteiger partial charge is 0.268 e. The highest BCUT2D eigenvalue weighted by Gasteiger charge is 2.30. The van der Waals surface area contributed by atoms with Gasteiger partial charge in [0.15, 0.2) is 11.5 Å². The Hall–Kier alpha value is -2.54. The van der Waals surface area contributed by atoms with Crippen LogP contribution in [-0.2, 0) is 0 Å². The first-order valence-electron chi connectivity index (χ1n) is 8.20. The van der Waals surface area contributed by atoms with E-state index in [-0.39, 0.29) is 0 Å². The Balaban J connectivity index is 1.69. The first-order valence-corrected chi connectivity index (χ1v) is 8.20. The number of anilines is 1. The molecule has 2 aromatic heterocycles. The van der Waals surface area contributed by atoms with Crippen molar-refractivity contribution in [2.24, 2.45) is 0 Å². The van der Waals surface area contributed by atoms with Gasteiger partial charge in [0, 0.05) is 29.8 Å². The molecule has 1 aliphatic rings. The Bertz CT molecular complexity index is 855. The monoisotopic (exact) mass is 324 g/mol. The van der Waals surface area contributed by atoms with Gasteiger partial charge in [-0.3, -0.25) is 0 Å². The average Bonchev–Trinajstić information content (AvgIpc) is 3.32. The lowest BCUT2D eigenvalue weighted by Crippen LogP contribution is -2.21. The molecule has 1 fully saturated rings. The summed E-state index contributed by atoms with van der Waals surface area (Å²) in [6.45, 7) is 1.73. The van der Waals surface area contributed by atoms with E-state index >= 15 is 0 Å². The van der Waals surface area contributed by atoms with Crippen molar-refractivity contribution < 1.29 is 4.42 Å². The zero-order valence-corrected chi connectivity index (χ0v) is 13.9. The maximum Gasteiger partial charge on any atom is 0.268 e. The van der Waals surface area contributed by atoms with Gasteiger partial charge in [0.1, 0.15) is 0 Å². The van der Waals surface area contributed by atoms with Crippen molar-refractivity contribution in [3.05, 3.63) is 30.2 Å². The molecule has 0 aliphatic heterocycles. The molecule has 0 spiro atoms. The van der Waals surface area contributed by atoms with Crippen molar-refractivity contribution in [1.82, 2.24) is 25.3 Å². The quantitative estimate of drug-likeness (QED) is 0.746. The summed E-state index contributed by atoms with van der Waals surface area (Å²) in [6.07, 6.45) is 2.26. The third-order valence-electron chi connectivity index (χ3n) is 4.11. The third kappa shape index (κ3) is 2.94. The van der Waals surface area contributed by atoms with E-state index in [9.17, 15) is 0 Å². The average molecular weight is 324 g/mol. The van der Waals surface area contributed by atoms with E-state index in [1.807, 2.05) is 38.4 Å². The number of fused-ring (bicyclic) bond motifs is 1. The van der Waals surface area contributed by atoms with Crippen molar-refractivity contribution >= 4 is 16.6 Å². The van der Waals surface area contributed by atoms with Crippen molar-refractivity contribution in [1.29, 1.82) is 0 Å². The van der Waals surface area contributed by atoms with Crippen LogP contribution < -0.4 is 5.32 Å². The van der Waals surface area contributed by atoms with Crippen LogP contribution in [0.5, 0.6) is 0 Å². The normalized spacial score (nSPS) is 14.5. The predicted octanol–water partition coefficient (Wildman–Crippen LogP) is 2.53. The Morgan fingerprint density at radius 2 is 1.88 bits per heavy atom. The van der Waals surface area contributed by atoms with E-state index < -0.39 is 0 Å². The number of hydrogen-bond donors (Lipinski definition) is 1. The van der Waals surface area contributed by atoms with E-state index in [1.54, 1.807) is 0 Å².